The minimum Gasteiger partial charge on any atom is -0.492 e. The molecule has 1 aromatic carbocycles. The van der Waals surface area contributed by atoms with E-state index in [1.54, 1.807) is 18.2 Å². The van der Waals surface area contributed by atoms with Crippen LogP contribution in [0, 0.1) is 0 Å². The minimum absolute atomic E-state index is 0. The van der Waals surface area contributed by atoms with Crippen molar-refractivity contribution in [3.05, 3.63) is 38.5 Å². The van der Waals surface area contributed by atoms with Gasteiger partial charge in [-0.3, -0.25) is 4.90 Å². The first-order valence-electron chi connectivity index (χ1n) is 8.60. The van der Waals surface area contributed by atoms with Crippen LogP contribution in [0.5, 0.6) is 5.75 Å². The average Bonchev–Trinajstić information content (AvgIpc) is 3.00. The van der Waals surface area contributed by atoms with Gasteiger partial charge in [-0.2, -0.15) is 0 Å². The van der Waals surface area contributed by atoms with Crippen molar-refractivity contribution >= 4 is 52.9 Å². The van der Waals surface area contributed by atoms with E-state index in [0.717, 1.165) is 30.8 Å². The Morgan fingerprint density at radius 2 is 1.89 bits per heavy atom. The lowest BCUT2D eigenvalue weighted by molar-refractivity contribution is 0.0600. The molecule has 0 saturated carbocycles. The number of nitrogens with zero attached hydrogens (tertiary/aromatic N) is 1. The van der Waals surface area contributed by atoms with E-state index in [9.17, 15) is 4.79 Å². The van der Waals surface area contributed by atoms with Gasteiger partial charge in [0.05, 0.1) is 17.0 Å². The number of ether oxygens (including phenoxy) is 2. The Morgan fingerprint density at radius 3 is 2.52 bits per heavy atom. The molecule has 0 N–H and O–H groups in total. The van der Waals surface area contributed by atoms with Gasteiger partial charge >= 0.3 is 5.97 Å². The summed E-state index contributed by atoms with van der Waals surface area (Å²) in [7, 11) is 1.36. The van der Waals surface area contributed by atoms with Crippen molar-refractivity contribution in [2.24, 2.45) is 0 Å². The molecule has 0 atom stereocenters. The van der Waals surface area contributed by atoms with E-state index in [1.807, 2.05) is 6.07 Å². The predicted octanol–water partition coefficient (Wildman–Crippen LogP) is 5.80. The number of hydrogen-bond donors (Lipinski definition) is 0. The molecule has 1 saturated heterocycles. The summed E-state index contributed by atoms with van der Waals surface area (Å²) in [6.45, 7) is 3.70. The lowest BCUT2D eigenvalue weighted by Gasteiger charge is -2.26. The number of rotatable bonds is 6. The Labute approximate surface area is 179 Å². The monoisotopic (exact) mass is 449 g/mol. The van der Waals surface area contributed by atoms with Crippen molar-refractivity contribution in [3.63, 3.8) is 0 Å². The van der Waals surface area contributed by atoms with Crippen molar-refractivity contribution < 1.29 is 14.3 Å². The van der Waals surface area contributed by atoms with E-state index < -0.39 is 5.97 Å². The summed E-state index contributed by atoms with van der Waals surface area (Å²) in [5.41, 5.74) is 2.00. The van der Waals surface area contributed by atoms with Crippen LogP contribution in [0.25, 0.3) is 11.1 Å². The molecular weight excluding hydrogens is 429 g/mol. The number of piperidine rings is 1. The number of likely N-dealkylation sites (tertiary alicyclic amines) is 1. The van der Waals surface area contributed by atoms with E-state index in [2.05, 4.69) is 4.90 Å². The molecule has 3 rings (SSSR count). The summed E-state index contributed by atoms with van der Waals surface area (Å²) < 4.78 is 12.0. The third-order valence-electron chi connectivity index (χ3n) is 4.42. The first-order chi connectivity index (χ1) is 12.6. The average molecular weight is 451 g/mol. The highest BCUT2D eigenvalue weighted by Crippen LogP contribution is 2.39. The predicted molar refractivity (Wildman–Crippen MR) is 114 cm³/mol. The van der Waals surface area contributed by atoms with Crippen molar-refractivity contribution in [3.8, 4) is 16.9 Å². The molecule has 2 aromatic rings. The molecule has 0 radical (unpaired) electrons. The molecular formula is C19H22Cl3NO3S. The van der Waals surface area contributed by atoms with Crippen LogP contribution in [0.4, 0.5) is 0 Å². The standard InChI is InChI=1S/C19H21Cl2NO3S.ClH/c1-24-19(23)14-9-13(16-12-17(20)26-18(16)21)10-15(11-14)25-8-7-22-5-3-2-4-6-22;/h9-12H,2-8H2,1H3;1H. The first-order valence-corrected chi connectivity index (χ1v) is 10.2. The number of benzene rings is 1. The zero-order valence-corrected chi connectivity index (χ0v) is 18.1. The van der Waals surface area contributed by atoms with Crippen LogP contribution in [0.3, 0.4) is 0 Å². The number of esters is 1. The second-order valence-electron chi connectivity index (χ2n) is 6.23. The Balaban J connectivity index is 0.00000261. The van der Waals surface area contributed by atoms with Crippen LogP contribution in [-0.2, 0) is 4.74 Å². The van der Waals surface area contributed by atoms with Crippen molar-refractivity contribution in [2.75, 3.05) is 33.4 Å². The maximum absolute atomic E-state index is 12.0. The number of carbonyl (C=O) groups is 1. The van der Waals surface area contributed by atoms with E-state index in [1.165, 1.54) is 37.7 Å². The molecule has 2 heterocycles. The molecule has 148 valence electrons. The molecule has 1 aliphatic rings. The molecule has 0 amide bonds. The maximum Gasteiger partial charge on any atom is 0.338 e. The second kappa shape index (κ2) is 10.5. The van der Waals surface area contributed by atoms with Gasteiger partial charge in [-0.05, 0) is 55.8 Å². The summed E-state index contributed by atoms with van der Waals surface area (Å²) >= 11 is 13.6. The van der Waals surface area contributed by atoms with Gasteiger partial charge in [0, 0.05) is 12.1 Å². The second-order valence-corrected chi connectivity index (χ2v) is 8.51. The fraction of sp³-hybridized carbons (Fsp3) is 0.421. The Kier molecular flexibility index (Phi) is 8.70. The van der Waals surface area contributed by atoms with Gasteiger partial charge in [0.1, 0.15) is 16.7 Å². The van der Waals surface area contributed by atoms with E-state index in [0.29, 0.717) is 26.6 Å². The highest BCUT2D eigenvalue weighted by molar-refractivity contribution is 7.20. The Morgan fingerprint density at radius 1 is 1.15 bits per heavy atom. The number of thiophene rings is 1. The molecule has 1 fully saturated rings. The number of methoxy groups -OCH3 is 1. The van der Waals surface area contributed by atoms with Crippen molar-refractivity contribution in [1.29, 1.82) is 0 Å². The van der Waals surface area contributed by atoms with Gasteiger partial charge in [0.2, 0.25) is 0 Å². The molecule has 0 bridgehead atoms. The summed E-state index contributed by atoms with van der Waals surface area (Å²) in [5, 5.41) is 0. The SMILES string of the molecule is COC(=O)c1cc(OCCN2CCCCC2)cc(-c2cc(Cl)sc2Cl)c1.Cl. The van der Waals surface area contributed by atoms with Crippen LogP contribution in [0.1, 0.15) is 29.6 Å². The largest absolute Gasteiger partial charge is 0.492 e. The molecule has 27 heavy (non-hydrogen) atoms. The summed E-state index contributed by atoms with van der Waals surface area (Å²) in [4.78, 5) is 14.4. The summed E-state index contributed by atoms with van der Waals surface area (Å²) in [5.74, 6) is 0.212. The van der Waals surface area contributed by atoms with Gasteiger partial charge < -0.3 is 9.47 Å². The van der Waals surface area contributed by atoms with Crippen LogP contribution in [0.15, 0.2) is 24.3 Å². The smallest absolute Gasteiger partial charge is 0.338 e. The number of halogens is 3. The summed E-state index contributed by atoms with van der Waals surface area (Å²) in [6, 6.07) is 7.12. The normalized spacial score (nSPS) is 14.5. The number of hydrogen-bond acceptors (Lipinski definition) is 5. The molecule has 1 aliphatic heterocycles. The topological polar surface area (TPSA) is 38.8 Å². The van der Waals surface area contributed by atoms with Crippen LogP contribution in [0.2, 0.25) is 8.67 Å². The third kappa shape index (κ3) is 6.00. The fourth-order valence-corrected chi connectivity index (χ4v) is 4.59. The molecule has 0 spiro atoms. The fourth-order valence-electron chi connectivity index (χ4n) is 3.09. The molecule has 1 aromatic heterocycles. The highest BCUT2D eigenvalue weighted by Gasteiger charge is 2.15. The van der Waals surface area contributed by atoms with Gasteiger partial charge in [-0.15, -0.1) is 23.7 Å². The van der Waals surface area contributed by atoms with E-state index in [-0.39, 0.29) is 12.4 Å². The van der Waals surface area contributed by atoms with Crippen molar-refractivity contribution in [1.82, 2.24) is 4.90 Å². The van der Waals surface area contributed by atoms with Gasteiger partial charge in [0.25, 0.3) is 0 Å². The molecule has 8 heteroatoms. The molecule has 0 unspecified atom stereocenters. The quantitative estimate of drug-likeness (QED) is 0.522. The van der Waals surface area contributed by atoms with Gasteiger partial charge in [-0.25, -0.2) is 4.79 Å². The number of carbonyl (C=O) groups excluding carboxylic acids is 1. The third-order valence-corrected chi connectivity index (χ3v) is 5.91. The zero-order chi connectivity index (χ0) is 18.5. The van der Waals surface area contributed by atoms with Crippen LogP contribution < -0.4 is 4.74 Å². The van der Waals surface area contributed by atoms with Gasteiger partial charge in [-0.1, -0.05) is 29.6 Å². The lowest BCUT2D eigenvalue weighted by Crippen LogP contribution is -2.33. The zero-order valence-electron chi connectivity index (χ0n) is 15.0. The lowest BCUT2D eigenvalue weighted by atomic mass is 10.1. The summed E-state index contributed by atoms with van der Waals surface area (Å²) in [6.07, 6.45) is 3.81. The maximum atomic E-state index is 12.0. The molecule has 0 aliphatic carbocycles. The Bertz CT molecular complexity index is 776. The van der Waals surface area contributed by atoms with Crippen LogP contribution >= 0.6 is 46.9 Å². The van der Waals surface area contributed by atoms with Gasteiger partial charge in [0.15, 0.2) is 0 Å². The highest BCUT2D eigenvalue weighted by atomic mass is 35.5. The first kappa shape index (κ1) is 22.3. The van der Waals surface area contributed by atoms with E-state index >= 15 is 0 Å². The minimum atomic E-state index is -0.412. The van der Waals surface area contributed by atoms with Crippen LogP contribution in [-0.4, -0.2) is 44.2 Å². The molecule has 4 nitrogen and oxygen atoms in total. The Hall–Kier alpha value is -0.980. The van der Waals surface area contributed by atoms with E-state index in [4.69, 9.17) is 32.7 Å². The van der Waals surface area contributed by atoms with Crippen molar-refractivity contribution in [2.45, 2.75) is 19.3 Å².